The third kappa shape index (κ3) is 3.46. The number of hydrogen-bond acceptors (Lipinski definition) is 3. The molecule has 0 amide bonds. The third-order valence-electron chi connectivity index (χ3n) is 3.48. The number of aryl methyl sites for hydroxylation is 1. The maximum absolute atomic E-state index is 5.91. The smallest absolute Gasteiger partial charge is 0.0514 e. The van der Waals surface area contributed by atoms with E-state index in [1.54, 1.807) is 0 Å². The summed E-state index contributed by atoms with van der Waals surface area (Å²) in [6.07, 6.45) is 2.33. The standard InChI is InChI=1S/C14H21BrN2O/c1-10-4-5-12(15)13(7-10)17-14(8-16)11-3-2-6-18-9-11/h4-5,7,11,14,17H,2-3,6,8-9,16H2,1H3. The minimum absolute atomic E-state index is 0.281. The molecule has 1 aromatic carbocycles. The highest BCUT2D eigenvalue weighted by Crippen LogP contribution is 2.27. The molecule has 18 heavy (non-hydrogen) atoms. The van der Waals surface area contributed by atoms with E-state index in [1.807, 2.05) is 0 Å². The minimum atomic E-state index is 0.281. The fourth-order valence-electron chi connectivity index (χ4n) is 2.40. The zero-order chi connectivity index (χ0) is 13.0. The lowest BCUT2D eigenvalue weighted by Crippen LogP contribution is -2.40. The summed E-state index contributed by atoms with van der Waals surface area (Å²) in [5.74, 6) is 0.510. The Balaban J connectivity index is 2.06. The van der Waals surface area contributed by atoms with Crippen molar-refractivity contribution in [3.63, 3.8) is 0 Å². The monoisotopic (exact) mass is 312 g/mol. The van der Waals surface area contributed by atoms with Crippen molar-refractivity contribution in [2.75, 3.05) is 25.1 Å². The zero-order valence-corrected chi connectivity index (χ0v) is 12.4. The van der Waals surface area contributed by atoms with Gasteiger partial charge in [-0.3, -0.25) is 0 Å². The summed E-state index contributed by atoms with van der Waals surface area (Å²) in [7, 11) is 0. The Bertz CT molecular complexity index is 391. The van der Waals surface area contributed by atoms with Crippen LogP contribution in [0, 0.1) is 12.8 Å². The molecule has 0 saturated carbocycles. The number of nitrogens with two attached hydrogens (primary N) is 1. The van der Waals surface area contributed by atoms with Crippen LogP contribution in [0.1, 0.15) is 18.4 Å². The van der Waals surface area contributed by atoms with Gasteiger partial charge >= 0.3 is 0 Å². The molecule has 2 atom stereocenters. The molecule has 1 fully saturated rings. The number of benzene rings is 1. The Morgan fingerprint density at radius 1 is 1.56 bits per heavy atom. The SMILES string of the molecule is Cc1ccc(Br)c(NC(CN)C2CCCOC2)c1. The van der Waals surface area contributed by atoms with Crippen molar-refractivity contribution >= 4 is 21.6 Å². The quantitative estimate of drug-likeness (QED) is 0.898. The summed E-state index contributed by atoms with van der Waals surface area (Å²) in [6.45, 7) is 4.44. The van der Waals surface area contributed by atoms with Gasteiger partial charge in [0.2, 0.25) is 0 Å². The van der Waals surface area contributed by atoms with Gasteiger partial charge < -0.3 is 15.8 Å². The van der Waals surface area contributed by atoms with Crippen LogP contribution in [-0.4, -0.2) is 25.8 Å². The van der Waals surface area contributed by atoms with Crippen molar-refractivity contribution in [3.05, 3.63) is 28.2 Å². The molecule has 4 heteroatoms. The molecule has 3 N–H and O–H groups in total. The number of anilines is 1. The van der Waals surface area contributed by atoms with E-state index >= 15 is 0 Å². The average Bonchev–Trinajstić information content (AvgIpc) is 2.41. The molecule has 0 radical (unpaired) electrons. The molecule has 100 valence electrons. The van der Waals surface area contributed by atoms with Crippen LogP contribution in [0.3, 0.4) is 0 Å². The van der Waals surface area contributed by atoms with E-state index in [1.165, 1.54) is 12.0 Å². The van der Waals surface area contributed by atoms with Gasteiger partial charge in [-0.05, 0) is 53.4 Å². The lowest BCUT2D eigenvalue weighted by molar-refractivity contribution is 0.0485. The van der Waals surface area contributed by atoms with E-state index < -0.39 is 0 Å². The van der Waals surface area contributed by atoms with E-state index in [2.05, 4.69) is 46.4 Å². The lowest BCUT2D eigenvalue weighted by atomic mass is 9.93. The maximum Gasteiger partial charge on any atom is 0.0514 e. The van der Waals surface area contributed by atoms with E-state index in [-0.39, 0.29) is 6.04 Å². The number of ether oxygens (including phenoxy) is 1. The fraction of sp³-hybridized carbons (Fsp3) is 0.571. The van der Waals surface area contributed by atoms with Crippen LogP contribution < -0.4 is 11.1 Å². The molecule has 3 nitrogen and oxygen atoms in total. The molecule has 0 aliphatic carbocycles. The van der Waals surface area contributed by atoms with Crippen molar-refractivity contribution in [1.82, 2.24) is 0 Å². The Hall–Kier alpha value is -0.580. The van der Waals surface area contributed by atoms with Crippen molar-refractivity contribution in [1.29, 1.82) is 0 Å². The second-order valence-corrected chi connectivity index (χ2v) is 5.80. The predicted octanol–water partition coefficient (Wildman–Crippen LogP) is 2.92. The first kappa shape index (κ1) is 13.8. The lowest BCUT2D eigenvalue weighted by Gasteiger charge is -2.31. The molecule has 0 bridgehead atoms. The summed E-state index contributed by atoms with van der Waals surface area (Å²) < 4.78 is 6.64. The van der Waals surface area contributed by atoms with Gasteiger partial charge in [-0.2, -0.15) is 0 Å². The van der Waals surface area contributed by atoms with E-state index in [0.717, 1.165) is 29.8 Å². The van der Waals surface area contributed by atoms with Gasteiger partial charge in [0, 0.05) is 35.3 Å². The highest BCUT2D eigenvalue weighted by molar-refractivity contribution is 9.10. The molecule has 0 spiro atoms. The molecule has 0 aromatic heterocycles. The summed E-state index contributed by atoms with van der Waals surface area (Å²) in [6, 6.07) is 6.60. The minimum Gasteiger partial charge on any atom is -0.381 e. The Kier molecular flexibility index (Phi) is 5.03. The maximum atomic E-state index is 5.91. The molecule has 1 aromatic rings. The van der Waals surface area contributed by atoms with Crippen LogP contribution in [0.4, 0.5) is 5.69 Å². The van der Waals surface area contributed by atoms with Crippen LogP contribution in [0.2, 0.25) is 0 Å². The highest BCUT2D eigenvalue weighted by atomic mass is 79.9. The fourth-order valence-corrected chi connectivity index (χ4v) is 2.76. The molecule has 1 aliphatic heterocycles. The summed E-state index contributed by atoms with van der Waals surface area (Å²) in [4.78, 5) is 0. The van der Waals surface area contributed by atoms with Gasteiger partial charge in [-0.1, -0.05) is 6.07 Å². The second-order valence-electron chi connectivity index (χ2n) is 4.95. The van der Waals surface area contributed by atoms with Crippen LogP contribution in [0.25, 0.3) is 0 Å². The van der Waals surface area contributed by atoms with Crippen molar-refractivity contribution in [2.24, 2.45) is 11.7 Å². The van der Waals surface area contributed by atoms with Crippen molar-refractivity contribution < 1.29 is 4.74 Å². The number of hydrogen-bond donors (Lipinski definition) is 2. The Morgan fingerprint density at radius 3 is 3.06 bits per heavy atom. The largest absolute Gasteiger partial charge is 0.381 e. The molecule has 1 saturated heterocycles. The van der Waals surface area contributed by atoms with Crippen LogP contribution >= 0.6 is 15.9 Å². The van der Waals surface area contributed by atoms with Gasteiger partial charge in [0.05, 0.1) is 6.61 Å². The molecule has 2 rings (SSSR count). The molecule has 1 aliphatic rings. The summed E-state index contributed by atoms with van der Waals surface area (Å²) >= 11 is 3.58. The Morgan fingerprint density at radius 2 is 2.39 bits per heavy atom. The number of nitrogens with one attached hydrogen (secondary N) is 1. The zero-order valence-electron chi connectivity index (χ0n) is 10.8. The van der Waals surface area contributed by atoms with Crippen molar-refractivity contribution in [2.45, 2.75) is 25.8 Å². The average molecular weight is 313 g/mol. The van der Waals surface area contributed by atoms with Crippen LogP contribution in [0.15, 0.2) is 22.7 Å². The van der Waals surface area contributed by atoms with E-state index in [9.17, 15) is 0 Å². The molecular weight excluding hydrogens is 292 g/mol. The van der Waals surface area contributed by atoms with Crippen LogP contribution in [-0.2, 0) is 4.74 Å². The molecule has 2 unspecified atom stereocenters. The molecular formula is C14H21BrN2O. The topological polar surface area (TPSA) is 47.3 Å². The van der Waals surface area contributed by atoms with E-state index in [4.69, 9.17) is 10.5 Å². The van der Waals surface area contributed by atoms with E-state index in [0.29, 0.717) is 12.5 Å². The Labute approximate surface area is 117 Å². The third-order valence-corrected chi connectivity index (χ3v) is 4.17. The van der Waals surface area contributed by atoms with Gasteiger partial charge in [0.25, 0.3) is 0 Å². The predicted molar refractivity (Wildman–Crippen MR) is 78.9 cm³/mol. The van der Waals surface area contributed by atoms with Gasteiger partial charge in [0.1, 0.15) is 0 Å². The highest BCUT2D eigenvalue weighted by Gasteiger charge is 2.23. The van der Waals surface area contributed by atoms with Crippen LogP contribution in [0.5, 0.6) is 0 Å². The van der Waals surface area contributed by atoms with Gasteiger partial charge in [-0.25, -0.2) is 0 Å². The first-order valence-corrected chi connectivity index (χ1v) is 7.30. The second kappa shape index (κ2) is 6.55. The number of halogens is 1. The summed E-state index contributed by atoms with van der Waals surface area (Å²) in [5, 5.41) is 3.56. The number of rotatable bonds is 4. The summed E-state index contributed by atoms with van der Waals surface area (Å²) in [5.41, 5.74) is 8.27. The van der Waals surface area contributed by atoms with Crippen molar-refractivity contribution in [3.8, 4) is 0 Å². The van der Waals surface area contributed by atoms with Gasteiger partial charge in [-0.15, -0.1) is 0 Å². The normalized spacial score (nSPS) is 21.6. The first-order chi connectivity index (χ1) is 8.70. The molecule has 1 heterocycles. The first-order valence-electron chi connectivity index (χ1n) is 6.51. The van der Waals surface area contributed by atoms with Gasteiger partial charge in [0.15, 0.2) is 0 Å².